The van der Waals surface area contributed by atoms with Crippen LogP contribution < -0.4 is 0 Å². The molecule has 0 unspecified atom stereocenters. The van der Waals surface area contributed by atoms with Gasteiger partial charge in [0.15, 0.2) is 0 Å². The van der Waals surface area contributed by atoms with Gasteiger partial charge in [-0.25, -0.2) is 0 Å². The zero-order valence-corrected chi connectivity index (χ0v) is 13.0. The van der Waals surface area contributed by atoms with E-state index >= 15 is 0 Å². The van der Waals surface area contributed by atoms with Crippen LogP contribution in [0.15, 0.2) is 66.3 Å². The highest BCUT2D eigenvalue weighted by Gasteiger charge is 2.14. The number of fused-ring (bicyclic) bond motifs is 3. The summed E-state index contributed by atoms with van der Waals surface area (Å²) in [6.45, 7) is 2.26. The summed E-state index contributed by atoms with van der Waals surface area (Å²) in [6.07, 6.45) is 9.47. The third-order valence-electron chi connectivity index (χ3n) is 4.65. The number of rotatable bonds is 3. The molecule has 1 heteroatoms. The van der Waals surface area contributed by atoms with Gasteiger partial charge in [0.25, 0.3) is 0 Å². The molecule has 1 aliphatic carbocycles. The van der Waals surface area contributed by atoms with Crippen LogP contribution in [0.25, 0.3) is 27.5 Å². The van der Waals surface area contributed by atoms with Crippen LogP contribution in [-0.4, -0.2) is 4.57 Å². The van der Waals surface area contributed by atoms with Crippen LogP contribution in [0.3, 0.4) is 0 Å². The third kappa shape index (κ3) is 2.09. The lowest BCUT2D eigenvalue weighted by atomic mass is 9.98. The maximum atomic E-state index is 2.45. The average molecular weight is 287 g/mol. The van der Waals surface area contributed by atoms with E-state index in [1.54, 1.807) is 5.57 Å². The summed E-state index contributed by atoms with van der Waals surface area (Å²) in [5, 5.41) is 2.70. The maximum absolute atomic E-state index is 2.45. The number of benzene rings is 2. The summed E-state index contributed by atoms with van der Waals surface area (Å²) in [5.74, 6) is 0. The van der Waals surface area contributed by atoms with Gasteiger partial charge in [-0.1, -0.05) is 61.4 Å². The van der Waals surface area contributed by atoms with Gasteiger partial charge in [0, 0.05) is 16.5 Å². The third-order valence-corrected chi connectivity index (χ3v) is 4.65. The van der Waals surface area contributed by atoms with E-state index in [4.69, 9.17) is 0 Å². The summed E-state index contributed by atoms with van der Waals surface area (Å²) in [7, 11) is 0. The van der Waals surface area contributed by atoms with E-state index < -0.39 is 0 Å². The minimum absolute atomic E-state index is 1.13. The fourth-order valence-electron chi connectivity index (χ4n) is 3.62. The van der Waals surface area contributed by atoms with Gasteiger partial charge >= 0.3 is 0 Å². The Morgan fingerprint density at radius 1 is 0.818 bits per heavy atom. The van der Waals surface area contributed by atoms with Crippen molar-refractivity contribution in [1.82, 2.24) is 4.57 Å². The van der Waals surface area contributed by atoms with Gasteiger partial charge in [-0.2, -0.15) is 0 Å². The normalized spacial score (nSPS) is 15.1. The zero-order valence-electron chi connectivity index (χ0n) is 13.0. The summed E-state index contributed by atoms with van der Waals surface area (Å²) in [6, 6.07) is 17.5. The molecule has 0 bridgehead atoms. The van der Waals surface area contributed by atoms with Gasteiger partial charge in [0.05, 0.1) is 11.0 Å². The minimum Gasteiger partial charge on any atom is -0.313 e. The van der Waals surface area contributed by atoms with Crippen LogP contribution in [0.2, 0.25) is 0 Å². The van der Waals surface area contributed by atoms with Crippen LogP contribution in [0, 0.1) is 0 Å². The summed E-state index contributed by atoms with van der Waals surface area (Å²) in [4.78, 5) is 0. The van der Waals surface area contributed by atoms with E-state index in [2.05, 4.69) is 72.2 Å². The number of aromatic nitrogens is 1. The van der Waals surface area contributed by atoms with Crippen molar-refractivity contribution in [1.29, 1.82) is 0 Å². The first kappa shape index (κ1) is 13.4. The number of para-hydroxylation sites is 2. The first-order valence-electron chi connectivity index (χ1n) is 8.25. The van der Waals surface area contributed by atoms with E-state index in [1.165, 1.54) is 46.8 Å². The highest BCUT2D eigenvalue weighted by molar-refractivity contribution is 6.10. The van der Waals surface area contributed by atoms with Crippen LogP contribution in [0.5, 0.6) is 0 Å². The van der Waals surface area contributed by atoms with Crippen LogP contribution >= 0.6 is 0 Å². The molecule has 0 aliphatic heterocycles. The van der Waals surface area contributed by atoms with Crippen molar-refractivity contribution in [2.75, 3.05) is 0 Å². The van der Waals surface area contributed by atoms with E-state index in [9.17, 15) is 0 Å². The summed E-state index contributed by atoms with van der Waals surface area (Å²) >= 11 is 0. The fraction of sp³-hybridized carbons (Fsp3) is 0.238. The van der Waals surface area contributed by atoms with Crippen LogP contribution in [-0.2, 0) is 0 Å². The van der Waals surface area contributed by atoms with E-state index in [0.717, 1.165) is 6.42 Å². The molecule has 0 saturated carbocycles. The lowest BCUT2D eigenvalue weighted by Gasteiger charge is -2.17. The Hall–Kier alpha value is -2.28. The lowest BCUT2D eigenvalue weighted by molar-refractivity contribution is 0.814. The van der Waals surface area contributed by atoms with Crippen molar-refractivity contribution >= 4 is 27.5 Å². The van der Waals surface area contributed by atoms with Crippen molar-refractivity contribution in [3.8, 4) is 0 Å². The van der Waals surface area contributed by atoms with Gasteiger partial charge in [-0.05, 0) is 37.5 Å². The number of allylic oxidation sites excluding steroid dienone is 4. The standard InChI is InChI=1S/C21H21N/c1-2-7-16-12-14-17(15-13-16)22-20-10-5-3-8-18(20)19-9-4-6-11-21(19)22/h3-6,8-12,14H,2,7,13,15H2,1H3. The largest absolute Gasteiger partial charge is 0.313 e. The van der Waals surface area contributed by atoms with Crippen molar-refractivity contribution in [3.63, 3.8) is 0 Å². The van der Waals surface area contributed by atoms with E-state index in [1.807, 2.05) is 0 Å². The van der Waals surface area contributed by atoms with Crippen molar-refractivity contribution < 1.29 is 0 Å². The molecule has 22 heavy (non-hydrogen) atoms. The first-order chi connectivity index (χ1) is 10.9. The van der Waals surface area contributed by atoms with Crippen molar-refractivity contribution in [2.24, 2.45) is 0 Å². The van der Waals surface area contributed by atoms with E-state index in [-0.39, 0.29) is 0 Å². The highest BCUT2D eigenvalue weighted by Crippen LogP contribution is 2.34. The number of hydrogen-bond acceptors (Lipinski definition) is 0. The van der Waals surface area contributed by atoms with Crippen LogP contribution in [0.1, 0.15) is 32.6 Å². The number of hydrogen-bond donors (Lipinski definition) is 0. The van der Waals surface area contributed by atoms with Crippen LogP contribution in [0.4, 0.5) is 0 Å². The molecule has 0 N–H and O–H groups in total. The highest BCUT2D eigenvalue weighted by atomic mass is 15.0. The average Bonchev–Trinajstić information content (AvgIpc) is 2.91. The second kappa shape index (κ2) is 5.49. The topological polar surface area (TPSA) is 4.93 Å². The Balaban J connectivity index is 1.94. The smallest absolute Gasteiger partial charge is 0.0537 e. The molecule has 2 aromatic carbocycles. The lowest BCUT2D eigenvalue weighted by Crippen LogP contribution is -2.01. The Labute approximate surface area is 131 Å². The second-order valence-corrected chi connectivity index (χ2v) is 6.10. The molecule has 0 amide bonds. The molecule has 0 fully saturated rings. The quantitative estimate of drug-likeness (QED) is 0.544. The molecular formula is C21H21N. The minimum atomic E-state index is 1.13. The molecule has 0 radical (unpaired) electrons. The number of nitrogens with zero attached hydrogens (tertiary/aromatic N) is 1. The second-order valence-electron chi connectivity index (χ2n) is 6.10. The van der Waals surface area contributed by atoms with Gasteiger partial charge < -0.3 is 4.57 Å². The fourth-order valence-corrected chi connectivity index (χ4v) is 3.62. The first-order valence-corrected chi connectivity index (χ1v) is 8.25. The molecule has 1 heterocycles. The van der Waals surface area contributed by atoms with E-state index in [0.29, 0.717) is 0 Å². The van der Waals surface area contributed by atoms with Gasteiger partial charge in [-0.15, -0.1) is 0 Å². The molecule has 1 aromatic heterocycles. The predicted octanol–water partition coefficient (Wildman–Crippen LogP) is 6.16. The molecule has 1 nitrogen and oxygen atoms in total. The zero-order chi connectivity index (χ0) is 14.9. The van der Waals surface area contributed by atoms with Crippen molar-refractivity contribution in [2.45, 2.75) is 32.6 Å². The Morgan fingerprint density at radius 2 is 1.45 bits per heavy atom. The van der Waals surface area contributed by atoms with Gasteiger partial charge in [-0.3, -0.25) is 0 Å². The molecule has 110 valence electrons. The SMILES string of the molecule is CCCC1=CC=C(n2c3ccccc3c3ccccc32)CC1. The Bertz CT molecular complexity index is 839. The monoisotopic (exact) mass is 287 g/mol. The summed E-state index contributed by atoms with van der Waals surface area (Å²) < 4.78 is 2.45. The Kier molecular flexibility index (Phi) is 3.34. The molecule has 4 rings (SSSR count). The van der Waals surface area contributed by atoms with Gasteiger partial charge in [0.1, 0.15) is 0 Å². The molecule has 0 spiro atoms. The summed E-state index contributed by atoms with van der Waals surface area (Å²) in [5.41, 5.74) is 5.65. The molecular weight excluding hydrogens is 266 g/mol. The Morgan fingerprint density at radius 3 is 2.00 bits per heavy atom. The van der Waals surface area contributed by atoms with Gasteiger partial charge in [0.2, 0.25) is 0 Å². The molecule has 1 aliphatic rings. The molecule has 0 atom stereocenters. The molecule has 0 saturated heterocycles. The maximum Gasteiger partial charge on any atom is 0.0537 e. The van der Waals surface area contributed by atoms with Crippen molar-refractivity contribution in [3.05, 3.63) is 66.3 Å². The predicted molar refractivity (Wildman–Crippen MR) is 95.9 cm³/mol. The molecule has 3 aromatic rings.